The largest absolute Gasteiger partial charge is 0.370 e. The summed E-state index contributed by atoms with van der Waals surface area (Å²) in [6.07, 6.45) is 3.60. The van der Waals surface area contributed by atoms with Gasteiger partial charge in [-0.15, -0.1) is 0 Å². The Morgan fingerprint density at radius 1 is 1.07 bits per heavy atom. The Bertz CT molecular complexity index is 693. The Hall–Kier alpha value is -1.48. The molecule has 28 heavy (non-hydrogen) atoms. The van der Waals surface area contributed by atoms with E-state index in [0.29, 0.717) is 38.5 Å². The fourth-order valence-corrected chi connectivity index (χ4v) is 4.67. The Labute approximate surface area is 169 Å². The van der Waals surface area contributed by atoms with Gasteiger partial charge in [-0.2, -0.15) is 4.31 Å². The lowest BCUT2D eigenvalue weighted by Gasteiger charge is -2.23. The smallest absolute Gasteiger partial charge is 0.279 e. The van der Waals surface area contributed by atoms with E-state index in [1.54, 1.807) is 28.6 Å². The second-order valence-corrected chi connectivity index (χ2v) is 9.16. The first kappa shape index (κ1) is 22.8. The molecule has 0 saturated carbocycles. The number of rotatable bonds is 11. The fraction of sp³-hybridized carbons (Fsp3) is 0.650. The van der Waals surface area contributed by atoms with Crippen LogP contribution in [0.25, 0.3) is 0 Å². The van der Waals surface area contributed by atoms with E-state index in [4.69, 9.17) is 4.74 Å². The summed E-state index contributed by atoms with van der Waals surface area (Å²) < 4.78 is 32.8. The number of benzene rings is 1. The number of carbonyl (C=O) groups excluding carboxylic acids is 1. The SMILES string of the molecule is CCCCN(CCCC)S(=O)(=O)c1ccc(NC(=O)C[NH+]2CCOCC2)cc1. The van der Waals surface area contributed by atoms with E-state index in [2.05, 4.69) is 19.2 Å². The van der Waals surface area contributed by atoms with Gasteiger partial charge < -0.3 is 15.0 Å². The first-order valence-electron chi connectivity index (χ1n) is 10.3. The minimum absolute atomic E-state index is 0.0694. The van der Waals surface area contributed by atoms with E-state index < -0.39 is 10.0 Å². The lowest BCUT2D eigenvalue weighted by Crippen LogP contribution is -3.15. The summed E-state index contributed by atoms with van der Waals surface area (Å²) in [4.78, 5) is 13.7. The number of nitrogens with zero attached hydrogens (tertiary/aromatic N) is 1. The van der Waals surface area contributed by atoms with Crippen LogP contribution in [0.3, 0.4) is 0 Å². The number of hydrogen-bond acceptors (Lipinski definition) is 4. The maximum absolute atomic E-state index is 13.0. The molecule has 1 aliphatic heterocycles. The normalized spacial score (nSPS) is 15.7. The van der Waals surface area contributed by atoms with Gasteiger partial charge in [0.15, 0.2) is 6.54 Å². The Balaban J connectivity index is 1.99. The fourth-order valence-electron chi connectivity index (χ4n) is 3.15. The minimum atomic E-state index is -3.51. The van der Waals surface area contributed by atoms with Gasteiger partial charge in [0.05, 0.1) is 18.1 Å². The van der Waals surface area contributed by atoms with Crippen LogP contribution < -0.4 is 10.2 Å². The lowest BCUT2D eigenvalue weighted by atomic mass is 10.3. The van der Waals surface area contributed by atoms with Crippen LogP contribution in [0.15, 0.2) is 29.2 Å². The maximum Gasteiger partial charge on any atom is 0.279 e. The number of amides is 1. The van der Waals surface area contributed by atoms with Crippen LogP contribution in [0.2, 0.25) is 0 Å². The number of unbranched alkanes of at least 4 members (excludes halogenated alkanes) is 2. The van der Waals surface area contributed by atoms with Crippen LogP contribution in [0.1, 0.15) is 39.5 Å². The van der Waals surface area contributed by atoms with Crippen LogP contribution in [0.4, 0.5) is 5.69 Å². The number of carbonyl (C=O) groups is 1. The molecule has 7 nitrogen and oxygen atoms in total. The number of sulfonamides is 1. The number of nitrogens with one attached hydrogen (secondary N) is 2. The van der Waals surface area contributed by atoms with Gasteiger partial charge in [0.2, 0.25) is 10.0 Å². The van der Waals surface area contributed by atoms with Crippen LogP contribution in [-0.4, -0.2) is 64.6 Å². The van der Waals surface area contributed by atoms with Crippen molar-refractivity contribution in [3.63, 3.8) is 0 Å². The molecule has 158 valence electrons. The van der Waals surface area contributed by atoms with Gasteiger partial charge in [0.25, 0.3) is 5.91 Å². The molecule has 0 atom stereocenters. The Kier molecular flexibility index (Phi) is 9.37. The average Bonchev–Trinajstić information content (AvgIpc) is 2.69. The lowest BCUT2D eigenvalue weighted by molar-refractivity contribution is -0.899. The molecule has 1 saturated heterocycles. The van der Waals surface area contributed by atoms with Crippen molar-refractivity contribution < 1.29 is 22.8 Å². The van der Waals surface area contributed by atoms with Gasteiger partial charge in [-0.05, 0) is 37.1 Å². The molecular weight excluding hydrogens is 378 g/mol. The molecule has 1 amide bonds. The van der Waals surface area contributed by atoms with Crippen molar-refractivity contribution in [2.75, 3.05) is 51.3 Å². The molecule has 2 rings (SSSR count). The third-order valence-corrected chi connectivity index (χ3v) is 6.82. The standard InChI is InChI=1S/C20H33N3O4S/c1-3-5-11-23(12-6-4-2)28(25,26)19-9-7-18(8-10-19)21-20(24)17-22-13-15-27-16-14-22/h7-10H,3-6,11-17H2,1-2H3,(H,21,24)/p+1. The molecule has 0 unspecified atom stereocenters. The highest BCUT2D eigenvalue weighted by Crippen LogP contribution is 2.19. The van der Waals surface area contributed by atoms with E-state index in [1.807, 2.05) is 0 Å². The molecule has 1 aliphatic rings. The van der Waals surface area contributed by atoms with Crippen molar-refractivity contribution in [1.82, 2.24) is 4.31 Å². The topological polar surface area (TPSA) is 80.2 Å². The van der Waals surface area contributed by atoms with Crippen molar-refractivity contribution in [2.24, 2.45) is 0 Å². The summed E-state index contributed by atoms with van der Waals surface area (Å²) in [5, 5.41) is 2.86. The predicted molar refractivity (Wildman–Crippen MR) is 110 cm³/mol. The summed E-state index contributed by atoms with van der Waals surface area (Å²) in [7, 11) is -3.51. The molecule has 0 aromatic heterocycles. The molecule has 1 fully saturated rings. The molecule has 1 heterocycles. The van der Waals surface area contributed by atoms with Gasteiger partial charge in [0.1, 0.15) is 13.1 Å². The molecule has 0 aliphatic carbocycles. The highest BCUT2D eigenvalue weighted by molar-refractivity contribution is 7.89. The number of morpholine rings is 1. The van der Waals surface area contributed by atoms with Crippen molar-refractivity contribution in [3.8, 4) is 0 Å². The van der Waals surface area contributed by atoms with Crippen molar-refractivity contribution >= 4 is 21.6 Å². The first-order chi connectivity index (χ1) is 13.5. The zero-order valence-corrected chi connectivity index (χ0v) is 17.9. The third-order valence-electron chi connectivity index (χ3n) is 4.91. The van der Waals surface area contributed by atoms with Gasteiger partial charge in [0, 0.05) is 18.8 Å². The minimum Gasteiger partial charge on any atom is -0.370 e. The monoisotopic (exact) mass is 412 g/mol. The van der Waals surface area contributed by atoms with Crippen LogP contribution in [-0.2, 0) is 19.6 Å². The molecule has 1 aromatic carbocycles. The van der Waals surface area contributed by atoms with Crippen LogP contribution >= 0.6 is 0 Å². The molecule has 0 radical (unpaired) electrons. The summed E-state index contributed by atoms with van der Waals surface area (Å²) in [6, 6.07) is 6.49. The second-order valence-electron chi connectivity index (χ2n) is 7.22. The molecular formula is C20H34N3O4S+. The van der Waals surface area contributed by atoms with Crippen LogP contribution in [0.5, 0.6) is 0 Å². The number of anilines is 1. The highest BCUT2D eigenvalue weighted by Gasteiger charge is 2.23. The van der Waals surface area contributed by atoms with E-state index in [1.165, 1.54) is 4.90 Å². The zero-order chi connectivity index (χ0) is 20.4. The summed E-state index contributed by atoms with van der Waals surface area (Å²) in [6.45, 7) is 8.61. The predicted octanol–water partition coefficient (Wildman–Crippen LogP) is 1.13. The van der Waals surface area contributed by atoms with Crippen molar-refractivity contribution in [2.45, 2.75) is 44.4 Å². The maximum atomic E-state index is 13.0. The van der Waals surface area contributed by atoms with Gasteiger partial charge in [-0.1, -0.05) is 26.7 Å². The average molecular weight is 413 g/mol. The number of quaternary nitrogens is 1. The van der Waals surface area contributed by atoms with E-state index >= 15 is 0 Å². The Morgan fingerprint density at radius 2 is 1.64 bits per heavy atom. The third kappa shape index (κ3) is 6.84. The molecule has 0 bridgehead atoms. The van der Waals surface area contributed by atoms with Crippen molar-refractivity contribution in [1.29, 1.82) is 0 Å². The first-order valence-corrected chi connectivity index (χ1v) is 11.7. The Morgan fingerprint density at radius 3 is 2.18 bits per heavy atom. The molecule has 0 spiro atoms. The summed E-state index contributed by atoms with van der Waals surface area (Å²) in [5.41, 5.74) is 0.616. The number of hydrogen-bond donors (Lipinski definition) is 2. The van der Waals surface area contributed by atoms with Crippen molar-refractivity contribution in [3.05, 3.63) is 24.3 Å². The van der Waals surface area contributed by atoms with Gasteiger partial charge in [-0.25, -0.2) is 8.42 Å². The second kappa shape index (κ2) is 11.5. The highest BCUT2D eigenvalue weighted by atomic mass is 32.2. The quantitative estimate of drug-likeness (QED) is 0.571. The van der Waals surface area contributed by atoms with E-state index in [0.717, 1.165) is 38.8 Å². The molecule has 1 aromatic rings. The summed E-state index contributed by atoms with van der Waals surface area (Å²) >= 11 is 0. The van der Waals surface area contributed by atoms with E-state index in [-0.39, 0.29) is 10.8 Å². The number of ether oxygens (including phenoxy) is 1. The summed E-state index contributed by atoms with van der Waals surface area (Å²) in [5.74, 6) is -0.0694. The molecule has 8 heteroatoms. The van der Waals surface area contributed by atoms with Gasteiger partial charge >= 0.3 is 0 Å². The van der Waals surface area contributed by atoms with E-state index in [9.17, 15) is 13.2 Å². The zero-order valence-electron chi connectivity index (χ0n) is 17.1. The van der Waals surface area contributed by atoms with Crippen LogP contribution in [0, 0.1) is 0 Å². The van der Waals surface area contributed by atoms with Gasteiger partial charge in [-0.3, -0.25) is 4.79 Å². The molecule has 2 N–H and O–H groups in total.